The van der Waals surface area contributed by atoms with Gasteiger partial charge in [-0.3, -0.25) is 15.0 Å². The fourth-order valence-electron chi connectivity index (χ4n) is 2.88. The Hall–Kier alpha value is -1.62. The van der Waals surface area contributed by atoms with E-state index in [1.807, 2.05) is 0 Å². The van der Waals surface area contributed by atoms with Crippen LogP contribution in [-0.2, 0) is 19.4 Å². The van der Waals surface area contributed by atoms with Crippen LogP contribution in [0.25, 0.3) is 0 Å². The maximum atomic E-state index is 12.5. The molecular formula is C15H23N3O2. The van der Waals surface area contributed by atoms with Gasteiger partial charge in [0.05, 0.1) is 0 Å². The first-order valence-electron chi connectivity index (χ1n) is 7.45. The molecule has 3 N–H and O–H groups in total. The molecule has 0 aliphatic heterocycles. The zero-order valence-electron chi connectivity index (χ0n) is 12.1. The summed E-state index contributed by atoms with van der Waals surface area (Å²) in [5, 5.41) is 0. The highest BCUT2D eigenvalue weighted by molar-refractivity contribution is 5.93. The van der Waals surface area contributed by atoms with Crippen LogP contribution >= 0.6 is 0 Å². The molecule has 1 aliphatic carbocycles. The van der Waals surface area contributed by atoms with Crippen LogP contribution in [0.4, 0.5) is 0 Å². The molecule has 0 bridgehead atoms. The van der Waals surface area contributed by atoms with Crippen LogP contribution in [0, 0.1) is 0 Å². The minimum atomic E-state index is -0.493. The van der Waals surface area contributed by atoms with Crippen molar-refractivity contribution in [1.82, 2.24) is 9.99 Å². The highest BCUT2D eigenvalue weighted by atomic mass is 16.2. The molecule has 0 radical (unpaired) electrons. The number of hydrogen-bond acceptors (Lipinski definition) is 3. The Morgan fingerprint density at radius 1 is 1.35 bits per heavy atom. The van der Waals surface area contributed by atoms with Gasteiger partial charge in [-0.05, 0) is 43.7 Å². The number of rotatable bonds is 5. The maximum absolute atomic E-state index is 12.5. The third-order valence-electron chi connectivity index (χ3n) is 3.96. The van der Waals surface area contributed by atoms with Gasteiger partial charge >= 0.3 is 0 Å². The molecule has 0 saturated carbocycles. The lowest BCUT2D eigenvalue weighted by atomic mass is 9.94. The molecule has 20 heavy (non-hydrogen) atoms. The Balaban J connectivity index is 2.44. The second-order valence-corrected chi connectivity index (χ2v) is 5.37. The summed E-state index contributed by atoms with van der Waals surface area (Å²) < 4.78 is 1.80. The summed E-state index contributed by atoms with van der Waals surface area (Å²) in [6.07, 6.45) is 7.27. The Labute approximate surface area is 119 Å². The van der Waals surface area contributed by atoms with E-state index in [-0.39, 0.29) is 11.1 Å². The maximum Gasteiger partial charge on any atom is 0.270 e. The molecule has 0 atom stereocenters. The van der Waals surface area contributed by atoms with Crippen molar-refractivity contribution < 1.29 is 4.79 Å². The van der Waals surface area contributed by atoms with Gasteiger partial charge in [-0.25, -0.2) is 5.84 Å². The molecule has 110 valence electrons. The molecule has 0 fully saturated rings. The highest BCUT2D eigenvalue weighted by Gasteiger charge is 2.20. The van der Waals surface area contributed by atoms with Crippen molar-refractivity contribution in [2.45, 2.75) is 58.4 Å². The summed E-state index contributed by atoms with van der Waals surface area (Å²) >= 11 is 0. The van der Waals surface area contributed by atoms with Crippen molar-refractivity contribution in [3.63, 3.8) is 0 Å². The number of nitrogens with two attached hydrogens (primary N) is 1. The van der Waals surface area contributed by atoms with Gasteiger partial charge in [0.25, 0.3) is 11.5 Å². The minimum Gasteiger partial charge on any atom is -0.312 e. The van der Waals surface area contributed by atoms with E-state index in [1.165, 1.54) is 0 Å². The second-order valence-electron chi connectivity index (χ2n) is 5.37. The third kappa shape index (κ3) is 2.93. The van der Waals surface area contributed by atoms with Crippen LogP contribution in [0.15, 0.2) is 10.9 Å². The van der Waals surface area contributed by atoms with E-state index in [0.29, 0.717) is 6.54 Å². The molecule has 1 heterocycles. The largest absolute Gasteiger partial charge is 0.312 e. The number of fused-ring (bicyclic) bond motifs is 1. The summed E-state index contributed by atoms with van der Waals surface area (Å²) in [6.45, 7) is 2.83. The Morgan fingerprint density at radius 3 is 2.80 bits per heavy atom. The standard InChI is InChI=1S/C15H23N3O2/c1-2-3-6-9-18-13-8-5-4-7-11(13)10-12(15(18)20)14(19)17-16/h10H,2-9,16H2,1H3,(H,17,19). The van der Waals surface area contributed by atoms with Gasteiger partial charge in [-0.2, -0.15) is 0 Å². The van der Waals surface area contributed by atoms with Crippen molar-refractivity contribution in [2.24, 2.45) is 5.84 Å². The molecule has 1 amide bonds. The Morgan fingerprint density at radius 2 is 2.10 bits per heavy atom. The van der Waals surface area contributed by atoms with Crippen LogP contribution < -0.4 is 16.8 Å². The van der Waals surface area contributed by atoms with Gasteiger partial charge in [0, 0.05) is 12.2 Å². The number of hydrogen-bond donors (Lipinski definition) is 2. The lowest BCUT2D eigenvalue weighted by molar-refractivity contribution is 0.0951. The zero-order chi connectivity index (χ0) is 14.5. The molecule has 5 heteroatoms. The SMILES string of the molecule is CCCCCn1c2c(cc(C(=O)NN)c1=O)CCCC2. The van der Waals surface area contributed by atoms with Crippen molar-refractivity contribution in [3.8, 4) is 0 Å². The number of pyridine rings is 1. The molecule has 0 aromatic carbocycles. The number of hydrazine groups is 1. The predicted molar refractivity (Wildman–Crippen MR) is 78.5 cm³/mol. The quantitative estimate of drug-likeness (QED) is 0.371. The molecule has 0 unspecified atom stereocenters. The topological polar surface area (TPSA) is 77.1 Å². The first-order chi connectivity index (χ1) is 9.69. The number of carbonyl (C=O) groups is 1. The number of unbranched alkanes of at least 4 members (excludes halogenated alkanes) is 2. The molecule has 1 aliphatic rings. The Bertz CT molecular complexity index is 549. The third-order valence-corrected chi connectivity index (χ3v) is 3.96. The van der Waals surface area contributed by atoms with E-state index >= 15 is 0 Å². The molecule has 1 aromatic heterocycles. The predicted octanol–water partition coefficient (Wildman–Crippen LogP) is 1.52. The van der Waals surface area contributed by atoms with Crippen molar-refractivity contribution in [1.29, 1.82) is 0 Å². The normalized spacial score (nSPS) is 13.9. The Kier molecular flexibility index (Phi) is 4.95. The molecule has 0 saturated heterocycles. The zero-order valence-corrected chi connectivity index (χ0v) is 12.1. The lowest BCUT2D eigenvalue weighted by Crippen LogP contribution is -2.38. The number of aryl methyl sites for hydroxylation is 1. The van der Waals surface area contributed by atoms with E-state index in [1.54, 1.807) is 10.6 Å². The first kappa shape index (κ1) is 14.8. The molecule has 0 spiro atoms. The van der Waals surface area contributed by atoms with Crippen LogP contribution in [0.2, 0.25) is 0 Å². The second kappa shape index (κ2) is 6.70. The van der Waals surface area contributed by atoms with Gasteiger partial charge < -0.3 is 4.57 Å². The van der Waals surface area contributed by atoms with Crippen molar-refractivity contribution in [3.05, 3.63) is 33.2 Å². The van der Waals surface area contributed by atoms with E-state index in [4.69, 9.17) is 5.84 Å². The molecule has 2 rings (SSSR count). The van der Waals surface area contributed by atoms with Crippen molar-refractivity contribution >= 4 is 5.91 Å². The summed E-state index contributed by atoms with van der Waals surface area (Å²) in [6, 6.07) is 1.73. The van der Waals surface area contributed by atoms with E-state index in [2.05, 4.69) is 12.3 Å². The lowest BCUT2D eigenvalue weighted by Gasteiger charge is -2.22. The number of aromatic nitrogens is 1. The van der Waals surface area contributed by atoms with Crippen LogP contribution in [-0.4, -0.2) is 10.5 Å². The fourth-order valence-corrected chi connectivity index (χ4v) is 2.88. The number of nitrogens with zero attached hydrogens (tertiary/aromatic N) is 1. The monoisotopic (exact) mass is 277 g/mol. The molecular weight excluding hydrogens is 254 g/mol. The summed E-state index contributed by atoms with van der Waals surface area (Å²) in [5.74, 6) is 4.68. The number of amides is 1. The van der Waals surface area contributed by atoms with Crippen LogP contribution in [0.5, 0.6) is 0 Å². The highest BCUT2D eigenvalue weighted by Crippen LogP contribution is 2.21. The minimum absolute atomic E-state index is 0.171. The van der Waals surface area contributed by atoms with E-state index < -0.39 is 5.91 Å². The average Bonchev–Trinajstić information content (AvgIpc) is 2.48. The summed E-state index contributed by atoms with van der Waals surface area (Å²) in [4.78, 5) is 24.2. The average molecular weight is 277 g/mol. The number of nitrogens with one attached hydrogen (secondary N) is 1. The van der Waals surface area contributed by atoms with Gasteiger partial charge in [0.15, 0.2) is 0 Å². The van der Waals surface area contributed by atoms with Crippen LogP contribution in [0.3, 0.4) is 0 Å². The molecule has 1 aromatic rings. The summed E-state index contributed by atoms with van der Waals surface area (Å²) in [5.41, 5.74) is 4.29. The van der Waals surface area contributed by atoms with Gasteiger partial charge in [0.1, 0.15) is 5.56 Å². The van der Waals surface area contributed by atoms with E-state index in [0.717, 1.165) is 56.2 Å². The van der Waals surface area contributed by atoms with Gasteiger partial charge in [-0.1, -0.05) is 19.8 Å². The van der Waals surface area contributed by atoms with Crippen LogP contribution in [0.1, 0.15) is 60.6 Å². The summed E-state index contributed by atoms with van der Waals surface area (Å²) in [7, 11) is 0. The number of carbonyl (C=O) groups excluding carboxylic acids is 1. The fraction of sp³-hybridized carbons (Fsp3) is 0.600. The van der Waals surface area contributed by atoms with Gasteiger partial charge in [-0.15, -0.1) is 0 Å². The smallest absolute Gasteiger partial charge is 0.270 e. The number of nitrogen functional groups attached to an aromatic ring is 1. The van der Waals surface area contributed by atoms with Crippen molar-refractivity contribution in [2.75, 3.05) is 0 Å². The molecule has 5 nitrogen and oxygen atoms in total. The first-order valence-corrected chi connectivity index (χ1v) is 7.45. The van der Waals surface area contributed by atoms with Gasteiger partial charge in [0.2, 0.25) is 0 Å². The van der Waals surface area contributed by atoms with E-state index in [9.17, 15) is 9.59 Å².